The molecule has 1 fully saturated rings. The van der Waals surface area contributed by atoms with E-state index in [1.54, 1.807) is 18.2 Å². The van der Waals surface area contributed by atoms with Gasteiger partial charge in [0.1, 0.15) is 11.6 Å². The summed E-state index contributed by atoms with van der Waals surface area (Å²) in [5, 5.41) is 7.54. The number of nitrogens with zero attached hydrogens (tertiary/aromatic N) is 3. The molecule has 6 nitrogen and oxygen atoms in total. The molecule has 1 aliphatic rings. The molecule has 3 aromatic rings. The summed E-state index contributed by atoms with van der Waals surface area (Å²) in [5.41, 5.74) is 1.15. The van der Waals surface area contributed by atoms with Gasteiger partial charge < -0.3 is 10.2 Å². The van der Waals surface area contributed by atoms with Gasteiger partial charge in [0.15, 0.2) is 0 Å². The van der Waals surface area contributed by atoms with Gasteiger partial charge in [0, 0.05) is 25.1 Å². The third-order valence-corrected chi connectivity index (χ3v) is 5.69. The van der Waals surface area contributed by atoms with Crippen LogP contribution < -0.4 is 15.8 Å². The van der Waals surface area contributed by atoms with Crippen molar-refractivity contribution in [3.05, 3.63) is 88.5 Å². The number of nitrogens with one attached hydrogen (secondary N) is 1. The number of amides is 1. The first-order valence-electron chi connectivity index (χ1n) is 10.5. The molecular formula is C24H25FN4O2. The predicted octanol–water partition coefficient (Wildman–Crippen LogP) is 3.47. The number of piperidine rings is 1. The number of rotatable bonds is 5. The fourth-order valence-corrected chi connectivity index (χ4v) is 3.89. The second kappa shape index (κ2) is 9.12. The van der Waals surface area contributed by atoms with Crippen LogP contribution in [0.25, 0.3) is 5.69 Å². The SMILES string of the molecule is C[C@@H](NC(=O)C1CCN(c2ccc(=O)n(-c3cccc(F)c3)n2)CC1)c1ccccc1. The largest absolute Gasteiger partial charge is 0.355 e. The normalized spacial score (nSPS) is 15.5. The lowest BCUT2D eigenvalue weighted by atomic mass is 9.95. The van der Waals surface area contributed by atoms with Crippen molar-refractivity contribution in [2.24, 2.45) is 5.92 Å². The van der Waals surface area contributed by atoms with Gasteiger partial charge in [-0.2, -0.15) is 4.68 Å². The van der Waals surface area contributed by atoms with Crippen LogP contribution in [0.1, 0.15) is 31.4 Å². The quantitative estimate of drug-likeness (QED) is 0.686. The Balaban J connectivity index is 1.40. The smallest absolute Gasteiger partial charge is 0.271 e. The Labute approximate surface area is 180 Å². The summed E-state index contributed by atoms with van der Waals surface area (Å²) in [4.78, 5) is 27.0. The number of hydrogen-bond acceptors (Lipinski definition) is 4. The Morgan fingerprint density at radius 3 is 2.52 bits per heavy atom. The van der Waals surface area contributed by atoms with Crippen LogP contribution in [0, 0.1) is 11.7 Å². The molecule has 2 heterocycles. The minimum absolute atomic E-state index is 0.0387. The second-order valence-corrected chi connectivity index (χ2v) is 7.82. The second-order valence-electron chi connectivity index (χ2n) is 7.82. The molecule has 7 heteroatoms. The third-order valence-electron chi connectivity index (χ3n) is 5.69. The van der Waals surface area contributed by atoms with Crippen LogP contribution >= 0.6 is 0 Å². The van der Waals surface area contributed by atoms with Crippen LogP contribution in [-0.2, 0) is 4.79 Å². The first-order chi connectivity index (χ1) is 15.0. The number of carbonyl (C=O) groups is 1. The van der Waals surface area contributed by atoms with Crippen molar-refractivity contribution in [1.29, 1.82) is 0 Å². The molecule has 1 saturated heterocycles. The molecule has 160 valence electrons. The first kappa shape index (κ1) is 20.8. The van der Waals surface area contributed by atoms with Gasteiger partial charge >= 0.3 is 0 Å². The van der Waals surface area contributed by atoms with Crippen molar-refractivity contribution in [2.75, 3.05) is 18.0 Å². The van der Waals surface area contributed by atoms with Gasteiger partial charge in [-0.15, -0.1) is 5.10 Å². The van der Waals surface area contributed by atoms with Crippen LogP contribution in [0.3, 0.4) is 0 Å². The number of halogens is 1. The lowest BCUT2D eigenvalue weighted by Gasteiger charge is -2.32. The molecule has 0 unspecified atom stereocenters. The Morgan fingerprint density at radius 2 is 1.81 bits per heavy atom. The van der Waals surface area contributed by atoms with Crippen molar-refractivity contribution in [3.63, 3.8) is 0 Å². The Hall–Kier alpha value is -3.48. The number of hydrogen-bond donors (Lipinski definition) is 1. The Bertz CT molecular complexity index is 1110. The third kappa shape index (κ3) is 4.82. The maximum Gasteiger partial charge on any atom is 0.271 e. The maximum absolute atomic E-state index is 13.6. The molecule has 2 aromatic carbocycles. The van der Waals surface area contributed by atoms with Gasteiger partial charge in [-0.3, -0.25) is 9.59 Å². The maximum atomic E-state index is 13.6. The number of anilines is 1. The summed E-state index contributed by atoms with van der Waals surface area (Å²) in [7, 11) is 0. The van der Waals surface area contributed by atoms with Crippen LogP contribution in [0.5, 0.6) is 0 Å². The zero-order valence-electron chi connectivity index (χ0n) is 17.4. The highest BCUT2D eigenvalue weighted by molar-refractivity contribution is 5.79. The summed E-state index contributed by atoms with van der Waals surface area (Å²) < 4.78 is 14.8. The first-order valence-corrected chi connectivity index (χ1v) is 10.5. The fourth-order valence-electron chi connectivity index (χ4n) is 3.89. The predicted molar refractivity (Wildman–Crippen MR) is 118 cm³/mol. The van der Waals surface area contributed by atoms with E-state index in [0.717, 1.165) is 5.56 Å². The fraction of sp³-hybridized carbons (Fsp3) is 0.292. The molecule has 4 rings (SSSR count). The molecule has 0 spiro atoms. The molecule has 1 amide bonds. The number of benzene rings is 2. The molecule has 0 aliphatic carbocycles. The Morgan fingerprint density at radius 1 is 1.06 bits per heavy atom. The van der Waals surface area contributed by atoms with E-state index in [0.29, 0.717) is 37.4 Å². The summed E-state index contributed by atoms with van der Waals surface area (Å²) >= 11 is 0. The highest BCUT2D eigenvalue weighted by Gasteiger charge is 2.27. The van der Waals surface area contributed by atoms with Gasteiger partial charge in [-0.05, 0) is 49.6 Å². The molecule has 0 saturated carbocycles. The topological polar surface area (TPSA) is 67.2 Å². The highest BCUT2D eigenvalue weighted by Crippen LogP contribution is 2.23. The van der Waals surface area contributed by atoms with Crippen molar-refractivity contribution in [2.45, 2.75) is 25.8 Å². The Kier molecular flexibility index (Phi) is 6.11. The van der Waals surface area contributed by atoms with E-state index in [1.807, 2.05) is 37.3 Å². The van der Waals surface area contributed by atoms with Crippen molar-refractivity contribution < 1.29 is 9.18 Å². The highest BCUT2D eigenvalue weighted by atomic mass is 19.1. The summed E-state index contributed by atoms with van der Waals surface area (Å²) in [6.07, 6.45) is 1.40. The summed E-state index contributed by atoms with van der Waals surface area (Å²) in [6, 6.07) is 18.8. The van der Waals surface area contributed by atoms with Gasteiger partial charge in [-0.1, -0.05) is 36.4 Å². The van der Waals surface area contributed by atoms with E-state index in [-0.39, 0.29) is 23.4 Å². The zero-order valence-corrected chi connectivity index (χ0v) is 17.4. The van der Waals surface area contributed by atoms with E-state index in [9.17, 15) is 14.0 Å². The van der Waals surface area contributed by atoms with Gasteiger partial charge in [0.25, 0.3) is 5.56 Å². The van der Waals surface area contributed by atoms with Crippen LogP contribution in [-0.4, -0.2) is 28.8 Å². The average Bonchev–Trinajstić information content (AvgIpc) is 2.80. The molecule has 1 aliphatic heterocycles. The summed E-state index contributed by atoms with van der Waals surface area (Å²) in [6.45, 7) is 3.31. The molecule has 1 aromatic heterocycles. The number of carbonyl (C=O) groups excluding carboxylic acids is 1. The van der Waals surface area contributed by atoms with Crippen LogP contribution in [0.2, 0.25) is 0 Å². The minimum atomic E-state index is -0.423. The molecule has 31 heavy (non-hydrogen) atoms. The van der Waals surface area contributed by atoms with E-state index in [4.69, 9.17) is 0 Å². The van der Waals surface area contributed by atoms with Gasteiger partial charge in [0.2, 0.25) is 5.91 Å². The standard InChI is InChI=1S/C24H25FN4O2/c1-17(18-6-3-2-4-7-18)26-24(31)19-12-14-28(15-13-19)22-10-11-23(30)29(27-22)21-9-5-8-20(25)16-21/h2-11,16-17,19H,12-15H2,1H3,(H,26,31)/t17-/m1/s1. The van der Waals surface area contributed by atoms with E-state index < -0.39 is 5.82 Å². The monoisotopic (exact) mass is 420 g/mol. The van der Waals surface area contributed by atoms with Gasteiger partial charge in [-0.25, -0.2) is 4.39 Å². The van der Waals surface area contributed by atoms with Crippen molar-refractivity contribution >= 4 is 11.7 Å². The summed E-state index contributed by atoms with van der Waals surface area (Å²) in [5.74, 6) is 0.221. The zero-order chi connectivity index (χ0) is 21.8. The van der Waals surface area contributed by atoms with Crippen molar-refractivity contribution in [1.82, 2.24) is 15.1 Å². The number of aromatic nitrogens is 2. The van der Waals surface area contributed by atoms with Gasteiger partial charge in [0.05, 0.1) is 11.7 Å². The molecule has 1 atom stereocenters. The van der Waals surface area contributed by atoms with Crippen LogP contribution in [0.4, 0.5) is 10.2 Å². The molecule has 0 radical (unpaired) electrons. The minimum Gasteiger partial charge on any atom is -0.355 e. The van der Waals surface area contributed by atoms with E-state index >= 15 is 0 Å². The molecule has 0 bridgehead atoms. The molecular weight excluding hydrogens is 395 g/mol. The van der Waals surface area contributed by atoms with Crippen LogP contribution in [0.15, 0.2) is 71.5 Å². The van der Waals surface area contributed by atoms with Crippen molar-refractivity contribution in [3.8, 4) is 5.69 Å². The van der Waals surface area contributed by atoms with E-state index in [1.165, 1.54) is 22.9 Å². The average molecular weight is 420 g/mol. The van der Waals surface area contributed by atoms with E-state index in [2.05, 4.69) is 15.3 Å². The molecule has 1 N–H and O–H groups in total. The lowest BCUT2D eigenvalue weighted by Crippen LogP contribution is -2.42. The lowest BCUT2D eigenvalue weighted by molar-refractivity contribution is -0.126.